The standard InChI is InChI=1S/C26H31FN6O4S.C3H8O2/c1-6-12-30(16(2)3)21(34)15-32-23(35)22-17(4)24(33-28-10-11-29-33)38-25(22)31(26(32)36)13-9-18-14-19(27)7-8-20(18)37-5;1-5-3-2-4/h7-8,10-11,14,16H,6,9,12-13,15H2,1-5H3;4H,2-3H2,1H3. The molecular formula is C29H39FN6O6S. The summed E-state index contributed by atoms with van der Waals surface area (Å²) in [6, 6.07) is 4.13. The highest BCUT2D eigenvalue weighted by molar-refractivity contribution is 7.21. The number of aliphatic hydroxyl groups excluding tert-OH is 1. The molecule has 1 aromatic carbocycles. The minimum absolute atomic E-state index is 0.0788. The minimum Gasteiger partial charge on any atom is -0.496 e. The van der Waals surface area contributed by atoms with Crippen LogP contribution >= 0.6 is 11.3 Å². The average Bonchev–Trinajstić information content (AvgIpc) is 3.62. The molecule has 0 aliphatic carbocycles. The Morgan fingerprint density at radius 1 is 1.16 bits per heavy atom. The Balaban J connectivity index is 0.000000934. The minimum atomic E-state index is -0.604. The lowest BCUT2D eigenvalue weighted by atomic mass is 10.1. The molecule has 1 amide bonds. The molecule has 12 nitrogen and oxygen atoms in total. The highest BCUT2D eigenvalue weighted by Gasteiger charge is 2.24. The van der Waals surface area contributed by atoms with Gasteiger partial charge in [0.15, 0.2) is 0 Å². The van der Waals surface area contributed by atoms with Crippen LogP contribution < -0.4 is 16.0 Å². The number of aryl methyl sites for hydroxylation is 3. The molecule has 234 valence electrons. The van der Waals surface area contributed by atoms with Gasteiger partial charge in [0.25, 0.3) is 5.56 Å². The second-order valence-electron chi connectivity index (χ2n) is 9.96. The molecule has 0 spiro atoms. The maximum absolute atomic E-state index is 14.0. The molecule has 4 rings (SSSR count). The number of hydrogen-bond donors (Lipinski definition) is 1. The molecule has 14 heteroatoms. The van der Waals surface area contributed by atoms with Gasteiger partial charge in [-0.15, -0.1) is 4.80 Å². The van der Waals surface area contributed by atoms with E-state index in [1.807, 2.05) is 20.8 Å². The number of amides is 1. The van der Waals surface area contributed by atoms with Gasteiger partial charge in [-0.2, -0.15) is 10.2 Å². The molecule has 0 aliphatic heterocycles. The van der Waals surface area contributed by atoms with Crippen LogP contribution in [0.15, 0.2) is 40.2 Å². The van der Waals surface area contributed by atoms with Gasteiger partial charge < -0.3 is 19.5 Å². The van der Waals surface area contributed by atoms with Crippen LogP contribution in [-0.4, -0.2) is 80.1 Å². The van der Waals surface area contributed by atoms with Gasteiger partial charge in [0, 0.05) is 31.8 Å². The largest absolute Gasteiger partial charge is 0.496 e. The van der Waals surface area contributed by atoms with E-state index in [4.69, 9.17) is 9.84 Å². The van der Waals surface area contributed by atoms with Crippen molar-refractivity contribution >= 4 is 27.5 Å². The van der Waals surface area contributed by atoms with E-state index in [-0.39, 0.29) is 38.1 Å². The summed E-state index contributed by atoms with van der Waals surface area (Å²) in [5.74, 6) is -0.228. The Labute approximate surface area is 252 Å². The number of hydrogen-bond acceptors (Lipinski definition) is 9. The third kappa shape index (κ3) is 7.75. The third-order valence-corrected chi connectivity index (χ3v) is 7.99. The zero-order chi connectivity index (χ0) is 31.7. The van der Waals surface area contributed by atoms with Crippen molar-refractivity contribution < 1.29 is 23.8 Å². The first kappa shape index (κ1) is 33.6. The van der Waals surface area contributed by atoms with Crippen molar-refractivity contribution in [3.05, 3.63) is 68.4 Å². The monoisotopic (exact) mass is 618 g/mol. The number of carbonyl (C=O) groups excluding carboxylic acids is 1. The molecule has 1 N–H and O–H groups in total. The molecule has 4 aromatic rings. The predicted octanol–water partition coefficient (Wildman–Crippen LogP) is 2.78. The second-order valence-corrected chi connectivity index (χ2v) is 10.9. The van der Waals surface area contributed by atoms with Crippen LogP contribution in [0.1, 0.15) is 38.3 Å². The zero-order valence-corrected chi connectivity index (χ0v) is 26.2. The van der Waals surface area contributed by atoms with Crippen LogP contribution in [0.5, 0.6) is 5.75 Å². The van der Waals surface area contributed by atoms with Gasteiger partial charge in [-0.05, 0) is 57.4 Å². The fraction of sp³-hybridized carbons (Fsp3) is 0.483. The van der Waals surface area contributed by atoms with Crippen LogP contribution in [-0.2, 0) is 29.0 Å². The van der Waals surface area contributed by atoms with E-state index < -0.39 is 17.1 Å². The van der Waals surface area contributed by atoms with Crippen molar-refractivity contribution in [2.45, 2.75) is 59.7 Å². The first-order valence-electron chi connectivity index (χ1n) is 13.9. The van der Waals surface area contributed by atoms with Gasteiger partial charge in [-0.25, -0.2) is 9.18 Å². The van der Waals surface area contributed by atoms with Crippen LogP contribution in [0.3, 0.4) is 0 Å². The number of nitrogens with zero attached hydrogens (tertiary/aromatic N) is 6. The van der Waals surface area contributed by atoms with Crippen LogP contribution in [0, 0.1) is 12.7 Å². The Kier molecular flexibility index (Phi) is 12.2. The van der Waals surface area contributed by atoms with Crippen LogP contribution in [0.2, 0.25) is 0 Å². The molecule has 0 aliphatic rings. The Hall–Kier alpha value is -3.88. The van der Waals surface area contributed by atoms with Crippen molar-refractivity contribution in [1.29, 1.82) is 0 Å². The maximum Gasteiger partial charge on any atom is 0.332 e. The van der Waals surface area contributed by atoms with E-state index in [2.05, 4.69) is 14.9 Å². The number of aliphatic hydroxyl groups is 1. The SMILES string of the molecule is CCCN(C(=O)Cn1c(=O)c2c(C)c(-n3nccn3)sc2n(CCc2cc(F)ccc2OC)c1=O)C(C)C.COCCO. The normalized spacial score (nSPS) is 11.1. The topological polar surface area (TPSA) is 134 Å². The molecule has 43 heavy (non-hydrogen) atoms. The summed E-state index contributed by atoms with van der Waals surface area (Å²) >= 11 is 1.22. The number of benzene rings is 1. The molecule has 0 saturated carbocycles. The highest BCUT2D eigenvalue weighted by atomic mass is 32.1. The molecular weight excluding hydrogens is 579 g/mol. The van der Waals surface area contributed by atoms with E-state index in [9.17, 15) is 18.8 Å². The molecule has 0 bridgehead atoms. The Morgan fingerprint density at radius 2 is 1.86 bits per heavy atom. The summed E-state index contributed by atoms with van der Waals surface area (Å²) in [5.41, 5.74) is 0.0502. The summed E-state index contributed by atoms with van der Waals surface area (Å²) in [6.45, 7) is 8.39. The first-order valence-corrected chi connectivity index (χ1v) is 14.8. The van der Waals surface area contributed by atoms with E-state index in [0.29, 0.717) is 45.2 Å². The van der Waals surface area contributed by atoms with Crippen molar-refractivity contribution in [2.24, 2.45) is 0 Å². The van der Waals surface area contributed by atoms with Gasteiger partial charge in [0.2, 0.25) is 5.91 Å². The molecule has 0 saturated heterocycles. The van der Waals surface area contributed by atoms with Crippen molar-refractivity contribution in [3.63, 3.8) is 0 Å². The molecule has 0 radical (unpaired) electrons. The van der Waals surface area contributed by atoms with E-state index in [1.54, 1.807) is 18.9 Å². The summed E-state index contributed by atoms with van der Waals surface area (Å²) in [5, 5.41) is 17.2. The number of rotatable bonds is 12. The van der Waals surface area contributed by atoms with Crippen molar-refractivity contribution in [3.8, 4) is 10.8 Å². The molecule has 3 heterocycles. The smallest absolute Gasteiger partial charge is 0.332 e. The fourth-order valence-electron chi connectivity index (χ4n) is 4.63. The van der Waals surface area contributed by atoms with E-state index in [0.717, 1.165) is 11.0 Å². The van der Waals surface area contributed by atoms with Crippen molar-refractivity contribution in [1.82, 2.24) is 29.0 Å². The van der Waals surface area contributed by atoms with Crippen LogP contribution in [0.25, 0.3) is 15.2 Å². The van der Waals surface area contributed by atoms with Gasteiger partial charge in [0.05, 0.1) is 38.1 Å². The molecule has 0 atom stereocenters. The Morgan fingerprint density at radius 3 is 2.42 bits per heavy atom. The van der Waals surface area contributed by atoms with Gasteiger partial charge in [-0.3, -0.25) is 18.7 Å². The highest BCUT2D eigenvalue weighted by Crippen LogP contribution is 2.30. The number of thiophene rings is 1. The maximum atomic E-state index is 14.0. The number of ether oxygens (including phenoxy) is 2. The predicted molar refractivity (Wildman–Crippen MR) is 163 cm³/mol. The summed E-state index contributed by atoms with van der Waals surface area (Å²) in [7, 11) is 3.05. The van der Waals surface area contributed by atoms with E-state index in [1.165, 1.54) is 58.4 Å². The third-order valence-electron chi connectivity index (χ3n) is 6.71. The lowest BCUT2D eigenvalue weighted by Gasteiger charge is -2.26. The Bertz CT molecular complexity index is 1630. The number of halogens is 1. The summed E-state index contributed by atoms with van der Waals surface area (Å²) in [6.07, 6.45) is 4.07. The van der Waals surface area contributed by atoms with E-state index >= 15 is 0 Å². The number of fused-ring (bicyclic) bond motifs is 1. The number of carbonyl (C=O) groups is 1. The fourth-order valence-corrected chi connectivity index (χ4v) is 5.87. The van der Waals surface area contributed by atoms with Gasteiger partial charge >= 0.3 is 5.69 Å². The number of aromatic nitrogens is 5. The summed E-state index contributed by atoms with van der Waals surface area (Å²) in [4.78, 5) is 44.2. The quantitative estimate of drug-likeness (QED) is 0.256. The average molecular weight is 619 g/mol. The van der Waals surface area contributed by atoms with Gasteiger partial charge in [-0.1, -0.05) is 18.3 Å². The zero-order valence-electron chi connectivity index (χ0n) is 25.4. The molecule has 0 fully saturated rings. The summed E-state index contributed by atoms with van der Waals surface area (Å²) < 4.78 is 26.3. The first-order chi connectivity index (χ1) is 20.6. The van der Waals surface area contributed by atoms with Crippen LogP contribution in [0.4, 0.5) is 4.39 Å². The lowest BCUT2D eigenvalue weighted by Crippen LogP contribution is -2.46. The van der Waals surface area contributed by atoms with Crippen molar-refractivity contribution in [2.75, 3.05) is 34.0 Å². The molecule has 0 unspecified atom stereocenters. The second kappa shape index (κ2) is 15.5. The molecule has 3 aromatic heterocycles. The lowest BCUT2D eigenvalue weighted by molar-refractivity contribution is -0.133. The van der Waals surface area contributed by atoms with Gasteiger partial charge in [0.1, 0.15) is 27.9 Å². The number of methoxy groups -OCH3 is 2.